The van der Waals surface area contributed by atoms with Crippen LogP contribution in [0.25, 0.3) is 0 Å². The Morgan fingerprint density at radius 3 is 2.23 bits per heavy atom. The van der Waals surface area contributed by atoms with Crippen LogP contribution in [0, 0.1) is 0 Å². The lowest BCUT2D eigenvalue weighted by atomic mass is 9.71. The molecule has 5 nitrogen and oxygen atoms in total. The molecule has 0 unspecified atom stereocenters. The Hall–Kier alpha value is -1.53. The summed E-state index contributed by atoms with van der Waals surface area (Å²) in [4.78, 5) is 28.8. The molecular formula is C22H24Cl3N3O2. The molecule has 1 spiro atoms. The number of hydrogen-bond acceptors (Lipinski definition) is 3. The number of aromatic nitrogens is 1. The van der Waals surface area contributed by atoms with E-state index in [4.69, 9.17) is 34.8 Å². The molecule has 8 heteroatoms. The zero-order valence-corrected chi connectivity index (χ0v) is 19.3. The lowest BCUT2D eigenvalue weighted by Crippen LogP contribution is -2.56. The predicted molar refractivity (Wildman–Crippen MR) is 119 cm³/mol. The van der Waals surface area contributed by atoms with Crippen molar-refractivity contribution in [2.24, 2.45) is 0 Å². The summed E-state index contributed by atoms with van der Waals surface area (Å²) in [6.07, 6.45) is 3.22. The molecule has 0 bridgehead atoms. The van der Waals surface area contributed by atoms with Crippen LogP contribution in [0.3, 0.4) is 0 Å². The number of ketones is 1. The summed E-state index contributed by atoms with van der Waals surface area (Å²) in [7, 11) is 3.50. The van der Waals surface area contributed by atoms with Crippen LogP contribution in [-0.2, 0) is 18.6 Å². The fourth-order valence-electron chi connectivity index (χ4n) is 4.60. The highest BCUT2D eigenvalue weighted by Gasteiger charge is 2.49. The highest BCUT2D eigenvalue weighted by atomic mass is 35.6. The smallest absolute Gasteiger partial charge is 0.255 e. The van der Waals surface area contributed by atoms with Crippen molar-refractivity contribution in [1.29, 1.82) is 0 Å². The van der Waals surface area contributed by atoms with Crippen molar-refractivity contribution in [3.8, 4) is 0 Å². The van der Waals surface area contributed by atoms with Crippen LogP contribution in [0.2, 0.25) is 0 Å². The van der Waals surface area contributed by atoms with Crippen molar-refractivity contribution >= 4 is 46.5 Å². The van der Waals surface area contributed by atoms with Crippen LogP contribution in [0.4, 0.5) is 0 Å². The van der Waals surface area contributed by atoms with Gasteiger partial charge in [-0.2, -0.15) is 0 Å². The van der Waals surface area contributed by atoms with Crippen LogP contribution in [0.5, 0.6) is 0 Å². The highest BCUT2D eigenvalue weighted by molar-refractivity contribution is 6.77. The van der Waals surface area contributed by atoms with E-state index in [0.717, 1.165) is 43.6 Å². The zero-order chi connectivity index (χ0) is 21.7. The maximum atomic E-state index is 12.6. The van der Waals surface area contributed by atoms with E-state index in [1.54, 1.807) is 25.1 Å². The number of amides is 1. The number of fused-ring (bicyclic) bond motifs is 2. The van der Waals surface area contributed by atoms with E-state index < -0.39 is 9.58 Å². The summed E-state index contributed by atoms with van der Waals surface area (Å²) in [6, 6.07) is 11.6. The van der Waals surface area contributed by atoms with Gasteiger partial charge in [0.05, 0.1) is 11.2 Å². The Bertz CT molecular complexity index is 973. The minimum atomic E-state index is -1.95. The summed E-state index contributed by atoms with van der Waals surface area (Å²) in [5.74, 6) is -0.484. The molecule has 0 radical (unpaired) electrons. The van der Waals surface area contributed by atoms with Crippen molar-refractivity contribution < 1.29 is 9.59 Å². The fraction of sp³-hybridized carbons (Fsp3) is 0.455. The van der Waals surface area contributed by atoms with E-state index in [1.165, 1.54) is 0 Å². The molecule has 4 rings (SSSR count). The molecule has 1 fully saturated rings. The predicted octanol–water partition coefficient (Wildman–Crippen LogP) is 4.64. The lowest BCUT2D eigenvalue weighted by molar-refractivity contribution is -0.0216. The van der Waals surface area contributed by atoms with Crippen molar-refractivity contribution in [3.63, 3.8) is 0 Å². The minimum absolute atomic E-state index is 0.000963. The Balaban J connectivity index is 1.58. The van der Waals surface area contributed by atoms with E-state index in [9.17, 15) is 9.59 Å². The molecule has 1 aliphatic heterocycles. The highest BCUT2D eigenvalue weighted by Crippen LogP contribution is 2.49. The number of rotatable bonds is 4. The summed E-state index contributed by atoms with van der Waals surface area (Å²) in [6.45, 7) is 2.26. The number of halogens is 3. The average molecular weight is 469 g/mol. The normalized spacial score (nSPS) is 18.0. The van der Waals surface area contributed by atoms with Gasteiger partial charge >= 0.3 is 0 Å². The van der Waals surface area contributed by atoms with Crippen molar-refractivity contribution in [2.45, 2.75) is 41.7 Å². The first-order valence-corrected chi connectivity index (χ1v) is 11.1. The summed E-state index contributed by atoms with van der Waals surface area (Å²) in [5, 5.41) is 0. The fourth-order valence-corrected chi connectivity index (χ4v) is 4.89. The standard InChI is InChI=1S/C22H24Cl3N3O2/c1-26(2)20(30)16-6-4-15(5-7-16)14-27-12-13-28-17(19(29)22(23,24)25)8-9-18(28)21(27)10-3-11-21/h4-9H,3,10-14H2,1-2H3. The lowest BCUT2D eigenvalue weighted by Gasteiger charge is -2.53. The molecule has 1 aromatic carbocycles. The van der Waals surface area contributed by atoms with Crippen LogP contribution >= 0.6 is 34.8 Å². The third-order valence-corrected chi connectivity index (χ3v) is 6.82. The quantitative estimate of drug-likeness (QED) is 0.485. The largest absolute Gasteiger partial charge is 0.345 e. The van der Waals surface area contributed by atoms with Gasteiger partial charge in [-0.05, 0) is 49.1 Å². The zero-order valence-electron chi connectivity index (χ0n) is 17.0. The van der Waals surface area contributed by atoms with Crippen LogP contribution in [0.1, 0.15) is 51.4 Å². The first-order valence-electron chi connectivity index (χ1n) is 10.0. The van der Waals surface area contributed by atoms with Gasteiger partial charge in [0.15, 0.2) is 0 Å². The average Bonchev–Trinajstić information content (AvgIpc) is 3.09. The van der Waals surface area contributed by atoms with Crippen LogP contribution < -0.4 is 0 Å². The second-order valence-corrected chi connectivity index (χ2v) is 10.6. The Morgan fingerprint density at radius 1 is 1.03 bits per heavy atom. The van der Waals surface area contributed by atoms with E-state index in [-0.39, 0.29) is 11.4 Å². The van der Waals surface area contributed by atoms with Crippen molar-refractivity contribution in [1.82, 2.24) is 14.4 Å². The van der Waals surface area contributed by atoms with Gasteiger partial charge in [-0.1, -0.05) is 46.9 Å². The summed E-state index contributed by atoms with van der Waals surface area (Å²) >= 11 is 17.6. The maximum Gasteiger partial charge on any atom is 0.255 e. The van der Waals surface area contributed by atoms with Gasteiger partial charge in [-0.15, -0.1) is 0 Å². The van der Waals surface area contributed by atoms with Gasteiger partial charge in [0.2, 0.25) is 5.78 Å². The number of nitrogens with zero attached hydrogens (tertiary/aromatic N) is 3. The Morgan fingerprint density at radius 2 is 1.70 bits per heavy atom. The molecule has 1 saturated carbocycles. The second-order valence-electron chi connectivity index (χ2n) is 8.29. The van der Waals surface area contributed by atoms with Crippen molar-refractivity contribution in [2.75, 3.05) is 20.6 Å². The minimum Gasteiger partial charge on any atom is -0.345 e. The molecular weight excluding hydrogens is 445 g/mol. The first kappa shape index (κ1) is 21.7. The number of carbonyl (C=O) groups excluding carboxylic acids is 2. The van der Waals surface area contributed by atoms with E-state index in [1.807, 2.05) is 34.9 Å². The molecule has 1 aliphatic carbocycles. The third kappa shape index (κ3) is 3.66. The molecule has 1 aromatic heterocycles. The van der Waals surface area contributed by atoms with Crippen molar-refractivity contribution in [3.05, 3.63) is 58.9 Å². The number of benzene rings is 1. The number of hydrogen-bond donors (Lipinski definition) is 0. The SMILES string of the molecule is CN(C)C(=O)c1ccc(CN2CCn3c(C(=O)C(Cl)(Cl)Cl)ccc3C23CCC3)cc1. The maximum absolute atomic E-state index is 12.6. The molecule has 1 amide bonds. The van der Waals surface area contributed by atoms with Crippen LogP contribution in [-0.4, -0.2) is 50.5 Å². The number of alkyl halides is 3. The molecule has 2 aliphatic rings. The van der Waals surface area contributed by atoms with Gasteiger partial charge in [-0.25, -0.2) is 0 Å². The van der Waals surface area contributed by atoms with Gasteiger partial charge in [0.25, 0.3) is 9.70 Å². The molecule has 0 saturated heterocycles. The topological polar surface area (TPSA) is 45.6 Å². The van der Waals surface area contributed by atoms with E-state index in [0.29, 0.717) is 17.8 Å². The Labute approximate surface area is 191 Å². The molecule has 2 heterocycles. The van der Waals surface area contributed by atoms with E-state index >= 15 is 0 Å². The van der Waals surface area contributed by atoms with E-state index in [2.05, 4.69) is 4.90 Å². The van der Waals surface area contributed by atoms with Gasteiger partial charge in [0, 0.05) is 45.0 Å². The Kier molecular flexibility index (Phi) is 5.69. The van der Waals surface area contributed by atoms with Gasteiger partial charge in [0.1, 0.15) is 0 Å². The van der Waals surface area contributed by atoms with Gasteiger partial charge < -0.3 is 9.47 Å². The molecule has 30 heavy (non-hydrogen) atoms. The molecule has 160 valence electrons. The summed E-state index contributed by atoms with van der Waals surface area (Å²) in [5.41, 5.74) is 3.33. The molecule has 0 N–H and O–H groups in total. The monoisotopic (exact) mass is 467 g/mol. The number of carbonyl (C=O) groups is 2. The number of Topliss-reactive ketones (excluding diaryl/α,β-unsaturated/α-hetero) is 1. The summed E-state index contributed by atoms with van der Waals surface area (Å²) < 4.78 is 0.0729. The molecule has 2 aromatic rings. The second kappa shape index (κ2) is 7.86. The molecule has 0 atom stereocenters. The van der Waals surface area contributed by atoms with Gasteiger partial charge in [-0.3, -0.25) is 14.5 Å². The first-order chi connectivity index (χ1) is 14.1. The third-order valence-electron chi connectivity index (χ3n) is 6.31. The van der Waals surface area contributed by atoms with Crippen LogP contribution in [0.15, 0.2) is 36.4 Å².